The average Bonchev–Trinajstić information content (AvgIpc) is 2.96. The summed E-state index contributed by atoms with van der Waals surface area (Å²) < 4.78 is 11.5. The van der Waals surface area contributed by atoms with Crippen LogP contribution in [0.5, 0.6) is 11.5 Å². The van der Waals surface area contributed by atoms with Crippen LogP contribution in [0.2, 0.25) is 0 Å². The number of benzene rings is 2. The first-order valence-corrected chi connectivity index (χ1v) is 10.4. The van der Waals surface area contributed by atoms with E-state index < -0.39 is 11.7 Å². The molecule has 5 heteroatoms. The van der Waals surface area contributed by atoms with Crippen molar-refractivity contribution in [3.63, 3.8) is 0 Å². The fourth-order valence-electron chi connectivity index (χ4n) is 4.73. The van der Waals surface area contributed by atoms with E-state index in [1.807, 2.05) is 26.0 Å². The number of aliphatic hydroxyl groups excluding tert-OH is 1. The Morgan fingerprint density at radius 2 is 1.66 bits per heavy atom. The summed E-state index contributed by atoms with van der Waals surface area (Å²) in [5.74, 6) is 1.76. The second-order valence-corrected chi connectivity index (χ2v) is 8.75. The van der Waals surface area contributed by atoms with Crippen LogP contribution in [0.15, 0.2) is 24.3 Å². The molecule has 2 aliphatic heterocycles. The number of anilines is 2. The molecule has 0 amide bonds. The van der Waals surface area contributed by atoms with Crippen molar-refractivity contribution in [2.75, 3.05) is 43.1 Å². The number of ether oxygens (including phenoxy) is 2. The number of hydrogen-bond acceptors (Lipinski definition) is 5. The molecule has 0 bridgehead atoms. The topological polar surface area (TPSA) is 45.2 Å². The van der Waals surface area contributed by atoms with Gasteiger partial charge in [-0.05, 0) is 63.4 Å². The molecule has 1 fully saturated rings. The molecule has 5 nitrogen and oxygen atoms in total. The van der Waals surface area contributed by atoms with E-state index in [-0.39, 0.29) is 0 Å². The number of rotatable bonds is 3. The Labute approximate surface area is 173 Å². The lowest BCUT2D eigenvalue weighted by Gasteiger charge is -2.39. The number of fused-ring (bicyclic) bond motifs is 1. The third kappa shape index (κ3) is 3.21. The number of hydrogen-bond donors (Lipinski definition) is 1. The monoisotopic (exact) mass is 396 g/mol. The molecule has 1 atom stereocenters. The normalized spacial score (nSPS) is 20.4. The van der Waals surface area contributed by atoms with E-state index in [4.69, 9.17) is 9.47 Å². The Morgan fingerprint density at radius 1 is 1.00 bits per heavy atom. The van der Waals surface area contributed by atoms with Crippen LogP contribution in [0.4, 0.5) is 11.4 Å². The van der Waals surface area contributed by atoms with Gasteiger partial charge in [-0.1, -0.05) is 6.07 Å². The van der Waals surface area contributed by atoms with Crippen LogP contribution in [0.3, 0.4) is 0 Å². The average molecular weight is 397 g/mol. The van der Waals surface area contributed by atoms with Crippen LogP contribution in [-0.2, 0) is 0 Å². The Balaban J connectivity index is 1.61. The first-order valence-electron chi connectivity index (χ1n) is 10.4. The fourth-order valence-corrected chi connectivity index (χ4v) is 4.73. The molecule has 29 heavy (non-hydrogen) atoms. The van der Waals surface area contributed by atoms with Gasteiger partial charge in [0.2, 0.25) is 0 Å². The Morgan fingerprint density at radius 3 is 2.31 bits per heavy atom. The molecule has 2 aromatic carbocycles. The minimum Gasteiger partial charge on any atom is -0.497 e. The highest BCUT2D eigenvalue weighted by Gasteiger charge is 2.43. The lowest BCUT2D eigenvalue weighted by Crippen LogP contribution is -2.47. The predicted molar refractivity (Wildman–Crippen MR) is 118 cm³/mol. The molecule has 1 N–H and O–H groups in total. The first-order chi connectivity index (χ1) is 13.7. The molecule has 1 saturated heterocycles. The summed E-state index contributed by atoms with van der Waals surface area (Å²) >= 11 is 0. The summed E-state index contributed by atoms with van der Waals surface area (Å²) in [5.41, 5.74) is 6.37. The first kappa shape index (κ1) is 19.9. The minimum absolute atomic E-state index is 0.589. The van der Waals surface area contributed by atoms with Gasteiger partial charge in [0.05, 0.1) is 7.11 Å². The lowest BCUT2D eigenvalue weighted by molar-refractivity contribution is 0.000145. The summed E-state index contributed by atoms with van der Waals surface area (Å²) in [6.45, 7) is 14.1. The van der Waals surface area contributed by atoms with Gasteiger partial charge in [-0.15, -0.1) is 0 Å². The number of methoxy groups -OCH3 is 1. The van der Waals surface area contributed by atoms with Crippen molar-refractivity contribution < 1.29 is 14.6 Å². The van der Waals surface area contributed by atoms with Crippen molar-refractivity contribution in [3.8, 4) is 11.5 Å². The van der Waals surface area contributed by atoms with Gasteiger partial charge < -0.3 is 24.4 Å². The van der Waals surface area contributed by atoms with Crippen molar-refractivity contribution in [1.82, 2.24) is 0 Å². The fraction of sp³-hybridized carbons (Fsp3) is 0.500. The van der Waals surface area contributed by atoms with Gasteiger partial charge in [-0.25, -0.2) is 0 Å². The maximum absolute atomic E-state index is 10.9. The van der Waals surface area contributed by atoms with Crippen LogP contribution in [0.25, 0.3) is 0 Å². The van der Waals surface area contributed by atoms with E-state index in [9.17, 15) is 5.11 Å². The third-order valence-electron chi connectivity index (χ3n) is 6.57. The quantitative estimate of drug-likeness (QED) is 0.844. The van der Waals surface area contributed by atoms with E-state index in [1.165, 1.54) is 16.9 Å². The molecule has 0 saturated carbocycles. The van der Waals surface area contributed by atoms with Crippen molar-refractivity contribution in [1.29, 1.82) is 0 Å². The number of nitrogens with zero attached hydrogens (tertiary/aromatic N) is 2. The second kappa shape index (κ2) is 7.13. The molecule has 0 aliphatic carbocycles. The predicted octanol–water partition coefficient (Wildman–Crippen LogP) is 4.15. The van der Waals surface area contributed by atoms with Crippen molar-refractivity contribution in [3.05, 3.63) is 46.5 Å². The molecule has 0 radical (unpaired) electrons. The van der Waals surface area contributed by atoms with Crippen LogP contribution >= 0.6 is 0 Å². The number of aliphatic hydroxyl groups is 1. The Kier molecular flexibility index (Phi) is 4.89. The third-order valence-corrected chi connectivity index (χ3v) is 6.57. The Bertz CT molecular complexity index is 930. The Hall–Kier alpha value is -2.40. The van der Waals surface area contributed by atoms with Gasteiger partial charge in [0.1, 0.15) is 23.2 Å². The smallest absolute Gasteiger partial charge is 0.133 e. The van der Waals surface area contributed by atoms with Crippen molar-refractivity contribution in [2.45, 2.75) is 46.3 Å². The highest BCUT2D eigenvalue weighted by molar-refractivity contribution is 5.71. The van der Waals surface area contributed by atoms with E-state index in [2.05, 4.69) is 42.7 Å². The van der Waals surface area contributed by atoms with Gasteiger partial charge in [-0.2, -0.15) is 0 Å². The van der Waals surface area contributed by atoms with Gasteiger partial charge >= 0.3 is 0 Å². The van der Waals surface area contributed by atoms with E-state index in [0.717, 1.165) is 54.4 Å². The molecule has 1 unspecified atom stereocenters. The molecule has 2 heterocycles. The maximum atomic E-state index is 10.9. The van der Waals surface area contributed by atoms with Crippen LogP contribution in [0, 0.1) is 20.8 Å². The zero-order valence-corrected chi connectivity index (χ0v) is 18.4. The highest BCUT2D eigenvalue weighted by atomic mass is 16.5. The SMILES string of the molecule is COc1cccc(N2CCN(c3c(C)c(C)c4c(c3C)C(O)C(C)(C)O4)CC2)c1. The molecular weight excluding hydrogens is 364 g/mol. The molecule has 156 valence electrons. The van der Waals surface area contributed by atoms with Crippen molar-refractivity contribution in [2.24, 2.45) is 0 Å². The summed E-state index contributed by atoms with van der Waals surface area (Å²) in [7, 11) is 1.71. The van der Waals surface area contributed by atoms with Crippen LogP contribution in [-0.4, -0.2) is 44.0 Å². The number of piperazine rings is 1. The van der Waals surface area contributed by atoms with Gasteiger partial charge in [0.25, 0.3) is 0 Å². The molecule has 0 spiro atoms. The summed E-state index contributed by atoms with van der Waals surface area (Å²) in [5, 5.41) is 10.9. The van der Waals surface area contributed by atoms with Crippen LogP contribution in [0.1, 0.15) is 42.2 Å². The highest BCUT2D eigenvalue weighted by Crippen LogP contribution is 2.50. The molecule has 2 aliphatic rings. The summed E-state index contributed by atoms with van der Waals surface area (Å²) in [6, 6.07) is 8.27. The van der Waals surface area contributed by atoms with Gasteiger partial charge in [-0.3, -0.25) is 0 Å². The van der Waals surface area contributed by atoms with Gasteiger partial charge in [0, 0.05) is 49.2 Å². The van der Waals surface area contributed by atoms with Crippen molar-refractivity contribution >= 4 is 11.4 Å². The van der Waals surface area contributed by atoms with E-state index >= 15 is 0 Å². The summed E-state index contributed by atoms with van der Waals surface area (Å²) in [4.78, 5) is 4.87. The zero-order chi connectivity index (χ0) is 20.9. The molecule has 4 rings (SSSR count). The molecule has 0 aromatic heterocycles. The van der Waals surface area contributed by atoms with E-state index in [1.54, 1.807) is 7.11 Å². The lowest BCUT2D eigenvalue weighted by atomic mass is 9.89. The summed E-state index contributed by atoms with van der Waals surface area (Å²) in [6.07, 6.45) is -0.603. The zero-order valence-electron chi connectivity index (χ0n) is 18.4. The maximum Gasteiger partial charge on any atom is 0.133 e. The van der Waals surface area contributed by atoms with Crippen LogP contribution < -0.4 is 19.3 Å². The van der Waals surface area contributed by atoms with E-state index in [0.29, 0.717) is 0 Å². The molecule has 2 aromatic rings. The van der Waals surface area contributed by atoms with Gasteiger partial charge in [0.15, 0.2) is 0 Å². The largest absolute Gasteiger partial charge is 0.497 e. The standard InChI is InChI=1S/C24H32N2O3/c1-15-16(2)22-20(23(27)24(4,5)29-22)17(3)21(15)26-12-10-25(11-13-26)18-8-7-9-19(14-18)28-6/h7-9,14,23,27H,10-13H2,1-6H3. The molecular formula is C24H32N2O3. The second-order valence-electron chi connectivity index (χ2n) is 8.75. The minimum atomic E-state index is -0.603.